The van der Waals surface area contributed by atoms with Gasteiger partial charge in [0.15, 0.2) is 0 Å². The van der Waals surface area contributed by atoms with Crippen molar-refractivity contribution in [2.45, 2.75) is 25.9 Å². The highest BCUT2D eigenvalue weighted by Gasteiger charge is 2.19. The van der Waals surface area contributed by atoms with E-state index in [9.17, 15) is 0 Å². The van der Waals surface area contributed by atoms with Crippen molar-refractivity contribution in [2.24, 2.45) is 0 Å². The van der Waals surface area contributed by atoms with Crippen molar-refractivity contribution in [3.63, 3.8) is 0 Å². The summed E-state index contributed by atoms with van der Waals surface area (Å²) in [5.41, 5.74) is 1.93. The first-order valence-electron chi connectivity index (χ1n) is 5.20. The van der Waals surface area contributed by atoms with Crippen molar-refractivity contribution >= 4 is 11.7 Å². The third-order valence-corrected chi connectivity index (χ3v) is 2.83. The van der Waals surface area contributed by atoms with E-state index in [0.29, 0.717) is 0 Å². The Hall–Kier alpha value is -1.34. The third kappa shape index (κ3) is 2.10. The van der Waals surface area contributed by atoms with Gasteiger partial charge in [-0.3, -0.25) is 0 Å². The number of aryl methyl sites for hydroxylation is 1. The van der Waals surface area contributed by atoms with Crippen LogP contribution in [0.2, 0.25) is 0 Å². The van der Waals surface area contributed by atoms with Crippen LogP contribution in [0.3, 0.4) is 0 Å². The van der Waals surface area contributed by atoms with Gasteiger partial charge in [-0.1, -0.05) is 12.1 Å². The molecular formula is C9H14N6S. The van der Waals surface area contributed by atoms with E-state index in [2.05, 4.69) is 31.3 Å². The normalized spacial score (nSPS) is 12.9. The quantitative estimate of drug-likeness (QED) is 0.836. The van der Waals surface area contributed by atoms with Crippen LogP contribution in [0.15, 0.2) is 12.4 Å². The van der Waals surface area contributed by atoms with Crippen LogP contribution in [-0.4, -0.2) is 30.8 Å². The number of nitrogens with one attached hydrogen (secondary N) is 1. The molecule has 2 aromatic heterocycles. The van der Waals surface area contributed by atoms with Gasteiger partial charge in [0.25, 0.3) is 0 Å². The Labute approximate surface area is 98.0 Å². The van der Waals surface area contributed by atoms with Gasteiger partial charge in [0, 0.05) is 6.54 Å². The molecule has 0 amide bonds. The molecule has 0 aliphatic rings. The van der Waals surface area contributed by atoms with Crippen molar-refractivity contribution in [3.05, 3.63) is 23.8 Å². The van der Waals surface area contributed by atoms with Crippen LogP contribution in [0.5, 0.6) is 0 Å². The van der Waals surface area contributed by atoms with E-state index >= 15 is 0 Å². The minimum absolute atomic E-state index is 0.0142. The monoisotopic (exact) mass is 238 g/mol. The second kappa shape index (κ2) is 5.13. The molecule has 6 nitrogen and oxygen atoms in total. The predicted molar refractivity (Wildman–Crippen MR) is 61.1 cm³/mol. The minimum atomic E-state index is 0.0142. The Morgan fingerprint density at radius 3 is 3.00 bits per heavy atom. The molecule has 0 bridgehead atoms. The molecule has 0 fully saturated rings. The predicted octanol–water partition coefficient (Wildman–Crippen LogP) is 0.848. The van der Waals surface area contributed by atoms with Crippen molar-refractivity contribution in [1.29, 1.82) is 0 Å². The van der Waals surface area contributed by atoms with Gasteiger partial charge >= 0.3 is 0 Å². The molecule has 2 heterocycles. The molecule has 7 heteroatoms. The standard InChI is InChI=1S/C9H14N6S/c1-3-4-15-8(6-11-14-15)9(10-2)7-5-12-16-13-7/h5-6,9-10H,3-4H2,1-2H3. The molecule has 1 atom stereocenters. The van der Waals surface area contributed by atoms with Crippen LogP contribution in [0.1, 0.15) is 30.8 Å². The number of hydrogen-bond donors (Lipinski definition) is 1. The van der Waals surface area contributed by atoms with Gasteiger partial charge in [0.2, 0.25) is 0 Å². The lowest BCUT2D eigenvalue weighted by Crippen LogP contribution is -2.21. The highest BCUT2D eigenvalue weighted by Crippen LogP contribution is 2.19. The largest absolute Gasteiger partial charge is 0.307 e. The highest BCUT2D eigenvalue weighted by molar-refractivity contribution is 6.99. The summed E-state index contributed by atoms with van der Waals surface area (Å²) in [6.07, 6.45) is 4.58. The van der Waals surface area contributed by atoms with Gasteiger partial charge in [-0.2, -0.15) is 8.75 Å². The zero-order chi connectivity index (χ0) is 11.4. The van der Waals surface area contributed by atoms with E-state index in [1.54, 1.807) is 12.4 Å². The number of hydrogen-bond acceptors (Lipinski definition) is 6. The van der Waals surface area contributed by atoms with Gasteiger partial charge in [0.05, 0.1) is 41.6 Å². The fourth-order valence-corrected chi connectivity index (χ4v) is 2.07. The number of nitrogens with zero attached hydrogens (tertiary/aromatic N) is 5. The summed E-state index contributed by atoms with van der Waals surface area (Å²) in [6.45, 7) is 2.98. The number of rotatable bonds is 5. The van der Waals surface area contributed by atoms with E-state index in [0.717, 1.165) is 24.4 Å². The lowest BCUT2D eigenvalue weighted by Gasteiger charge is -2.14. The average Bonchev–Trinajstić information content (AvgIpc) is 2.92. The zero-order valence-corrected chi connectivity index (χ0v) is 10.1. The van der Waals surface area contributed by atoms with E-state index < -0.39 is 0 Å². The summed E-state index contributed by atoms with van der Waals surface area (Å²) in [5.74, 6) is 0. The molecule has 0 spiro atoms. The summed E-state index contributed by atoms with van der Waals surface area (Å²) in [6, 6.07) is 0.0142. The van der Waals surface area contributed by atoms with Gasteiger partial charge in [-0.25, -0.2) is 4.68 Å². The maximum Gasteiger partial charge on any atom is 0.0974 e. The fraction of sp³-hybridized carbons (Fsp3) is 0.556. The van der Waals surface area contributed by atoms with Crippen LogP contribution in [-0.2, 0) is 6.54 Å². The van der Waals surface area contributed by atoms with E-state index in [1.807, 2.05) is 11.7 Å². The molecule has 0 saturated heterocycles. The molecule has 16 heavy (non-hydrogen) atoms. The molecule has 0 aliphatic heterocycles. The minimum Gasteiger partial charge on any atom is -0.307 e. The topological polar surface area (TPSA) is 68.5 Å². The molecule has 2 rings (SSSR count). The molecule has 1 N–H and O–H groups in total. The van der Waals surface area contributed by atoms with Crippen molar-refractivity contribution in [2.75, 3.05) is 7.05 Å². The van der Waals surface area contributed by atoms with Gasteiger partial charge < -0.3 is 5.32 Å². The molecule has 0 saturated carbocycles. The van der Waals surface area contributed by atoms with Gasteiger partial charge in [0.1, 0.15) is 0 Å². The summed E-state index contributed by atoms with van der Waals surface area (Å²) < 4.78 is 10.2. The Balaban J connectivity index is 2.30. The first kappa shape index (κ1) is 11.2. The lowest BCUT2D eigenvalue weighted by atomic mass is 10.1. The average molecular weight is 238 g/mol. The first-order chi connectivity index (χ1) is 7.86. The molecule has 0 aliphatic carbocycles. The highest BCUT2D eigenvalue weighted by atomic mass is 32.1. The van der Waals surface area contributed by atoms with Gasteiger partial charge in [-0.15, -0.1) is 5.10 Å². The van der Waals surface area contributed by atoms with Crippen LogP contribution in [0.25, 0.3) is 0 Å². The smallest absolute Gasteiger partial charge is 0.0974 e. The van der Waals surface area contributed by atoms with Crippen LogP contribution in [0.4, 0.5) is 0 Å². The lowest BCUT2D eigenvalue weighted by molar-refractivity contribution is 0.520. The van der Waals surface area contributed by atoms with E-state index in [4.69, 9.17) is 0 Å². The molecule has 0 radical (unpaired) electrons. The zero-order valence-electron chi connectivity index (χ0n) is 9.29. The fourth-order valence-electron chi connectivity index (χ4n) is 1.62. The van der Waals surface area contributed by atoms with Crippen LogP contribution < -0.4 is 5.32 Å². The molecule has 0 aromatic carbocycles. The summed E-state index contributed by atoms with van der Waals surface area (Å²) in [7, 11) is 1.90. The second-order valence-corrected chi connectivity index (χ2v) is 3.99. The van der Waals surface area contributed by atoms with Gasteiger partial charge in [-0.05, 0) is 13.5 Å². The maximum absolute atomic E-state index is 4.24. The summed E-state index contributed by atoms with van der Waals surface area (Å²) in [4.78, 5) is 0. The summed E-state index contributed by atoms with van der Waals surface area (Å²) >= 11 is 1.21. The Morgan fingerprint density at radius 1 is 1.50 bits per heavy atom. The first-order valence-corrected chi connectivity index (χ1v) is 5.93. The third-order valence-electron chi connectivity index (χ3n) is 2.34. The number of aromatic nitrogens is 5. The van der Waals surface area contributed by atoms with Crippen molar-refractivity contribution in [3.8, 4) is 0 Å². The molecule has 1 unspecified atom stereocenters. The molecular weight excluding hydrogens is 224 g/mol. The SMILES string of the molecule is CCCn1nncc1C(NC)c1cnsn1. The Morgan fingerprint density at radius 2 is 2.38 bits per heavy atom. The summed E-state index contributed by atoms with van der Waals surface area (Å²) in [5, 5.41) is 11.2. The molecule has 2 aromatic rings. The van der Waals surface area contributed by atoms with E-state index in [-0.39, 0.29) is 6.04 Å². The van der Waals surface area contributed by atoms with E-state index in [1.165, 1.54) is 11.7 Å². The Kier molecular flexibility index (Phi) is 3.58. The van der Waals surface area contributed by atoms with Crippen molar-refractivity contribution < 1.29 is 0 Å². The molecule has 86 valence electrons. The Bertz CT molecular complexity index is 423. The maximum atomic E-state index is 4.24. The second-order valence-electron chi connectivity index (χ2n) is 3.44. The van der Waals surface area contributed by atoms with Crippen LogP contribution >= 0.6 is 11.7 Å². The van der Waals surface area contributed by atoms with Crippen molar-refractivity contribution in [1.82, 2.24) is 29.1 Å². The van der Waals surface area contributed by atoms with Crippen LogP contribution in [0, 0.1) is 0 Å².